The van der Waals surface area contributed by atoms with E-state index < -0.39 is 11.4 Å². The Morgan fingerprint density at radius 3 is 1.90 bits per heavy atom. The van der Waals surface area contributed by atoms with Crippen molar-refractivity contribution >= 4 is 17.8 Å². The first-order chi connectivity index (χ1) is 14.6. The second-order valence-electron chi connectivity index (χ2n) is 7.62. The quantitative estimate of drug-likeness (QED) is 0.281. The lowest BCUT2D eigenvalue weighted by Crippen LogP contribution is -2.21. The van der Waals surface area contributed by atoms with Crippen LogP contribution in [0, 0.1) is 16.7 Å². The summed E-state index contributed by atoms with van der Waals surface area (Å²) < 4.78 is 21.2. The maximum absolute atomic E-state index is 12.6. The summed E-state index contributed by atoms with van der Waals surface area (Å²) in [6.45, 7) is 5.27. The fourth-order valence-electron chi connectivity index (χ4n) is 2.72. The van der Waals surface area contributed by atoms with Crippen molar-refractivity contribution in [1.29, 1.82) is 5.26 Å². The number of methoxy groups -OCH3 is 3. The number of nitrogens with zero attached hydrogens (tertiary/aromatic N) is 1. The third kappa shape index (κ3) is 5.64. The molecule has 0 saturated carbocycles. The summed E-state index contributed by atoms with van der Waals surface area (Å²) in [6, 6.07) is 11.4. The first-order valence-electron chi connectivity index (χ1n) is 9.43. The number of carbonyl (C=O) groups excluding carboxylic acids is 2. The van der Waals surface area contributed by atoms with Gasteiger partial charge in [0.15, 0.2) is 17.3 Å². The van der Waals surface area contributed by atoms with Gasteiger partial charge in [0.2, 0.25) is 5.75 Å². The molecule has 0 aromatic heterocycles. The fraction of sp³-hybridized carbons (Fsp3) is 0.292. The topological polar surface area (TPSA) is 94.9 Å². The van der Waals surface area contributed by atoms with Crippen LogP contribution in [0.5, 0.6) is 23.0 Å². The van der Waals surface area contributed by atoms with Gasteiger partial charge < -0.3 is 18.9 Å². The fourth-order valence-corrected chi connectivity index (χ4v) is 2.72. The SMILES string of the molecule is COc1cc(C(=O)Oc2ccc(/C=C(\C#N)C(=O)C(C)(C)C)cc2)cc(OC)c1OC. The van der Waals surface area contributed by atoms with Crippen LogP contribution in [-0.2, 0) is 4.79 Å². The average molecular weight is 423 g/mol. The zero-order valence-electron chi connectivity index (χ0n) is 18.4. The highest BCUT2D eigenvalue weighted by Crippen LogP contribution is 2.38. The molecule has 0 radical (unpaired) electrons. The van der Waals surface area contributed by atoms with Crippen LogP contribution in [0.3, 0.4) is 0 Å². The molecule has 162 valence electrons. The summed E-state index contributed by atoms with van der Waals surface area (Å²) >= 11 is 0. The maximum atomic E-state index is 12.6. The number of ether oxygens (including phenoxy) is 4. The van der Waals surface area contributed by atoms with E-state index in [-0.39, 0.29) is 16.9 Å². The van der Waals surface area contributed by atoms with Gasteiger partial charge in [0.05, 0.1) is 32.5 Å². The smallest absolute Gasteiger partial charge is 0.343 e. The van der Waals surface area contributed by atoms with Crippen LogP contribution in [0.1, 0.15) is 36.7 Å². The van der Waals surface area contributed by atoms with Gasteiger partial charge in [-0.3, -0.25) is 4.79 Å². The molecule has 0 aliphatic heterocycles. The van der Waals surface area contributed by atoms with E-state index in [0.29, 0.717) is 28.6 Å². The van der Waals surface area contributed by atoms with Gasteiger partial charge in [-0.25, -0.2) is 4.79 Å². The molecule has 0 aliphatic rings. The van der Waals surface area contributed by atoms with E-state index in [1.165, 1.54) is 39.5 Å². The minimum atomic E-state index is -0.655. The molecule has 0 amide bonds. The number of hydrogen-bond donors (Lipinski definition) is 0. The molecular weight excluding hydrogens is 398 g/mol. The molecule has 0 spiro atoms. The minimum Gasteiger partial charge on any atom is -0.493 e. The average Bonchev–Trinajstić information content (AvgIpc) is 2.76. The molecule has 31 heavy (non-hydrogen) atoms. The van der Waals surface area contributed by atoms with E-state index in [2.05, 4.69) is 0 Å². The third-order valence-corrected chi connectivity index (χ3v) is 4.35. The van der Waals surface area contributed by atoms with E-state index in [9.17, 15) is 14.9 Å². The van der Waals surface area contributed by atoms with Crippen molar-refractivity contribution in [3.8, 4) is 29.1 Å². The maximum Gasteiger partial charge on any atom is 0.343 e. The van der Waals surface area contributed by atoms with Crippen molar-refractivity contribution in [2.24, 2.45) is 5.41 Å². The molecule has 0 unspecified atom stereocenters. The highest BCUT2D eigenvalue weighted by molar-refractivity contribution is 6.06. The van der Waals surface area contributed by atoms with Gasteiger partial charge in [-0.05, 0) is 35.9 Å². The summed E-state index contributed by atoms with van der Waals surface area (Å²) in [5.41, 5.74) is 0.273. The largest absolute Gasteiger partial charge is 0.493 e. The van der Waals surface area contributed by atoms with Crippen molar-refractivity contribution < 1.29 is 28.5 Å². The van der Waals surface area contributed by atoms with Crippen LogP contribution < -0.4 is 18.9 Å². The molecule has 0 atom stereocenters. The van der Waals surface area contributed by atoms with Gasteiger partial charge in [-0.15, -0.1) is 0 Å². The number of benzene rings is 2. The van der Waals surface area contributed by atoms with E-state index in [1.54, 1.807) is 45.0 Å². The Morgan fingerprint density at radius 1 is 0.935 bits per heavy atom. The molecule has 0 bridgehead atoms. The molecule has 0 N–H and O–H groups in total. The van der Waals surface area contributed by atoms with Crippen molar-refractivity contribution in [2.45, 2.75) is 20.8 Å². The molecule has 0 saturated heterocycles. The molecule has 2 rings (SSSR count). The van der Waals surface area contributed by atoms with Gasteiger partial charge in [-0.2, -0.15) is 5.26 Å². The number of Topliss-reactive ketones (excluding diaryl/α,β-unsaturated/α-hetero) is 1. The van der Waals surface area contributed by atoms with Crippen LogP contribution in [0.4, 0.5) is 0 Å². The molecule has 0 fully saturated rings. The molecule has 0 aliphatic carbocycles. The number of nitriles is 1. The lowest BCUT2D eigenvalue weighted by atomic mass is 9.86. The number of esters is 1. The van der Waals surface area contributed by atoms with Crippen molar-refractivity contribution in [1.82, 2.24) is 0 Å². The standard InChI is InChI=1S/C24H25NO6/c1-24(2,3)22(26)17(14-25)11-15-7-9-18(10-8-15)31-23(27)16-12-19(28-4)21(30-6)20(13-16)29-5/h7-13H,1-6H3/b17-11+. The Balaban J connectivity index is 2.24. The van der Waals surface area contributed by atoms with Crippen LogP contribution in [-0.4, -0.2) is 33.1 Å². The first kappa shape index (κ1) is 23.5. The Kier molecular flexibility index (Phi) is 7.43. The molecule has 7 heteroatoms. The highest BCUT2D eigenvalue weighted by atomic mass is 16.5. The minimum absolute atomic E-state index is 0.0645. The number of ketones is 1. The zero-order valence-corrected chi connectivity index (χ0v) is 18.4. The van der Waals surface area contributed by atoms with E-state index in [1.807, 2.05) is 6.07 Å². The number of allylic oxidation sites excluding steroid dienone is 1. The van der Waals surface area contributed by atoms with E-state index in [4.69, 9.17) is 18.9 Å². The van der Waals surface area contributed by atoms with Crippen molar-refractivity contribution in [3.05, 3.63) is 53.1 Å². The lowest BCUT2D eigenvalue weighted by Gasteiger charge is -2.15. The molecule has 7 nitrogen and oxygen atoms in total. The molecular formula is C24H25NO6. The van der Waals surface area contributed by atoms with Crippen LogP contribution in [0.2, 0.25) is 0 Å². The first-order valence-corrected chi connectivity index (χ1v) is 9.43. The molecule has 0 heterocycles. The van der Waals surface area contributed by atoms with Crippen LogP contribution >= 0.6 is 0 Å². The Bertz CT molecular complexity index is 1010. The van der Waals surface area contributed by atoms with E-state index in [0.717, 1.165) is 0 Å². The van der Waals surface area contributed by atoms with Crippen LogP contribution in [0.15, 0.2) is 42.0 Å². The van der Waals surface area contributed by atoms with Gasteiger partial charge in [0, 0.05) is 5.41 Å². The lowest BCUT2D eigenvalue weighted by molar-refractivity contribution is -0.121. The van der Waals surface area contributed by atoms with Crippen molar-refractivity contribution in [2.75, 3.05) is 21.3 Å². The number of rotatable bonds is 7. The number of carbonyl (C=O) groups is 2. The summed E-state index contributed by atoms with van der Waals surface area (Å²) in [5, 5.41) is 9.31. The second-order valence-corrected chi connectivity index (χ2v) is 7.62. The summed E-state index contributed by atoms with van der Waals surface area (Å²) in [7, 11) is 4.39. The molecule has 2 aromatic carbocycles. The summed E-state index contributed by atoms with van der Waals surface area (Å²) in [6.07, 6.45) is 1.51. The van der Waals surface area contributed by atoms with Gasteiger partial charge in [0.1, 0.15) is 11.8 Å². The van der Waals surface area contributed by atoms with Gasteiger partial charge >= 0.3 is 5.97 Å². The van der Waals surface area contributed by atoms with Gasteiger partial charge in [-0.1, -0.05) is 32.9 Å². The summed E-state index contributed by atoms with van der Waals surface area (Å²) in [5.74, 6) is 0.493. The predicted molar refractivity (Wildman–Crippen MR) is 116 cm³/mol. The zero-order chi connectivity index (χ0) is 23.2. The monoisotopic (exact) mass is 423 g/mol. The van der Waals surface area contributed by atoms with E-state index >= 15 is 0 Å². The Hall–Kier alpha value is -3.79. The Morgan fingerprint density at radius 2 is 1.48 bits per heavy atom. The normalized spacial score (nSPS) is 11.3. The van der Waals surface area contributed by atoms with Crippen LogP contribution in [0.25, 0.3) is 6.08 Å². The van der Waals surface area contributed by atoms with Crippen molar-refractivity contribution in [3.63, 3.8) is 0 Å². The number of hydrogen-bond acceptors (Lipinski definition) is 7. The Labute approximate surface area is 181 Å². The third-order valence-electron chi connectivity index (χ3n) is 4.35. The van der Waals surface area contributed by atoms with Gasteiger partial charge in [0.25, 0.3) is 0 Å². The molecule has 2 aromatic rings. The second kappa shape index (κ2) is 9.81. The predicted octanol–water partition coefficient (Wildman–Crippen LogP) is 4.45. The summed E-state index contributed by atoms with van der Waals surface area (Å²) in [4.78, 5) is 24.9. The highest BCUT2D eigenvalue weighted by Gasteiger charge is 2.25.